The molecule has 1 aliphatic heterocycles. The van der Waals surface area contributed by atoms with Gasteiger partial charge in [0.1, 0.15) is 5.82 Å². The summed E-state index contributed by atoms with van der Waals surface area (Å²) in [6, 6.07) is 10.5. The molecule has 0 saturated carbocycles. The van der Waals surface area contributed by atoms with Crippen LogP contribution in [0, 0.1) is 5.82 Å². The van der Waals surface area contributed by atoms with Crippen molar-refractivity contribution in [3.63, 3.8) is 0 Å². The highest BCUT2D eigenvalue weighted by atomic mass is 19.1. The van der Waals surface area contributed by atoms with E-state index < -0.39 is 17.7 Å². The highest BCUT2D eigenvalue weighted by Crippen LogP contribution is 2.29. The first-order valence-electron chi connectivity index (χ1n) is 11.4. The van der Waals surface area contributed by atoms with E-state index in [2.05, 4.69) is 21.5 Å². The fraction of sp³-hybridized carbons (Fsp3) is 0.400. The molecule has 8 nitrogen and oxygen atoms in total. The molecular formula is C25H29FN4O4. The average Bonchev–Trinajstić information content (AvgIpc) is 3.17. The molecule has 34 heavy (non-hydrogen) atoms. The number of pyridine rings is 1. The van der Waals surface area contributed by atoms with Gasteiger partial charge >= 0.3 is 5.97 Å². The molecule has 1 unspecified atom stereocenters. The molecule has 0 aliphatic carbocycles. The normalized spacial score (nSPS) is 13.6. The van der Waals surface area contributed by atoms with Crippen LogP contribution in [0.3, 0.4) is 0 Å². The van der Waals surface area contributed by atoms with Crippen molar-refractivity contribution in [2.75, 3.05) is 25.6 Å². The topological polar surface area (TPSA) is 98.5 Å². The Kier molecular flexibility index (Phi) is 7.30. The van der Waals surface area contributed by atoms with Gasteiger partial charge in [0.2, 0.25) is 5.88 Å². The number of nitrogens with zero attached hydrogens (tertiary/aromatic N) is 3. The SMILES string of the molecule is COc1ccc(C(CC(=O)O)Cc2cc(OCCc3ccc4c(n3)NCCC4)n(C)n2)cc1F. The van der Waals surface area contributed by atoms with Crippen LogP contribution >= 0.6 is 0 Å². The molecule has 4 rings (SSSR count). The number of aromatic nitrogens is 3. The number of carbonyl (C=O) groups is 1. The third-order valence-electron chi connectivity index (χ3n) is 5.97. The van der Waals surface area contributed by atoms with Gasteiger partial charge in [-0.3, -0.25) is 4.79 Å². The Bertz CT molecular complexity index is 1160. The second-order valence-electron chi connectivity index (χ2n) is 8.43. The number of hydrogen-bond acceptors (Lipinski definition) is 6. The summed E-state index contributed by atoms with van der Waals surface area (Å²) < 4.78 is 26.7. The molecule has 1 atom stereocenters. The van der Waals surface area contributed by atoms with Crippen LogP contribution in [0.1, 0.15) is 41.3 Å². The molecule has 0 fully saturated rings. The molecule has 3 heterocycles. The number of fused-ring (bicyclic) bond motifs is 1. The predicted octanol–water partition coefficient (Wildman–Crippen LogP) is 3.74. The van der Waals surface area contributed by atoms with Crippen molar-refractivity contribution in [3.05, 3.63) is 64.7 Å². The van der Waals surface area contributed by atoms with Crippen molar-refractivity contribution in [1.82, 2.24) is 14.8 Å². The lowest BCUT2D eigenvalue weighted by Gasteiger charge is -2.17. The van der Waals surface area contributed by atoms with E-state index in [1.54, 1.807) is 23.9 Å². The van der Waals surface area contributed by atoms with Gasteiger partial charge in [0.15, 0.2) is 11.6 Å². The standard InChI is InChI=1S/C25H29FN4O4/c1-30-23(34-11-9-19-7-5-16-4-3-10-27-25(16)28-19)15-20(29-30)12-18(14-24(31)32)17-6-8-22(33-2)21(26)13-17/h5-8,13,15,18H,3-4,9-12,14H2,1-2H3,(H,27,28)(H,31,32). The van der Waals surface area contributed by atoms with E-state index in [0.29, 0.717) is 36.6 Å². The zero-order valence-electron chi connectivity index (χ0n) is 19.4. The molecular weight excluding hydrogens is 439 g/mol. The first kappa shape index (κ1) is 23.5. The van der Waals surface area contributed by atoms with Crippen LogP contribution in [-0.4, -0.2) is 46.1 Å². The number of carboxylic acid groups (broad SMARTS) is 1. The maximum absolute atomic E-state index is 14.2. The summed E-state index contributed by atoms with van der Waals surface area (Å²) in [6.07, 6.45) is 3.03. The maximum Gasteiger partial charge on any atom is 0.303 e. The van der Waals surface area contributed by atoms with Gasteiger partial charge in [-0.25, -0.2) is 14.1 Å². The Morgan fingerprint density at radius 1 is 1.26 bits per heavy atom. The minimum absolute atomic E-state index is 0.121. The van der Waals surface area contributed by atoms with Crippen LogP contribution in [0.15, 0.2) is 36.4 Å². The van der Waals surface area contributed by atoms with Crippen molar-refractivity contribution in [2.24, 2.45) is 7.05 Å². The Morgan fingerprint density at radius 2 is 2.12 bits per heavy atom. The zero-order chi connectivity index (χ0) is 24.1. The number of nitrogens with one attached hydrogen (secondary N) is 1. The van der Waals surface area contributed by atoms with Crippen LogP contribution in [0.25, 0.3) is 0 Å². The molecule has 3 aromatic rings. The highest BCUT2D eigenvalue weighted by Gasteiger charge is 2.20. The summed E-state index contributed by atoms with van der Waals surface area (Å²) in [5, 5.41) is 17.2. The molecule has 0 bridgehead atoms. The van der Waals surface area contributed by atoms with E-state index in [0.717, 1.165) is 30.9 Å². The molecule has 0 spiro atoms. The Balaban J connectivity index is 1.40. The molecule has 0 saturated heterocycles. The maximum atomic E-state index is 14.2. The summed E-state index contributed by atoms with van der Waals surface area (Å²) >= 11 is 0. The molecule has 2 aromatic heterocycles. The number of methoxy groups -OCH3 is 1. The third kappa shape index (κ3) is 5.65. The van der Waals surface area contributed by atoms with E-state index in [1.165, 1.54) is 24.8 Å². The Hall–Kier alpha value is -3.62. The molecule has 9 heteroatoms. The predicted molar refractivity (Wildman–Crippen MR) is 125 cm³/mol. The number of rotatable bonds is 10. The summed E-state index contributed by atoms with van der Waals surface area (Å²) in [6.45, 7) is 1.39. The second-order valence-corrected chi connectivity index (χ2v) is 8.43. The number of benzene rings is 1. The van der Waals surface area contributed by atoms with E-state index in [9.17, 15) is 14.3 Å². The number of carboxylic acids is 1. The van der Waals surface area contributed by atoms with Gasteiger partial charge in [-0.1, -0.05) is 12.1 Å². The number of aryl methyl sites for hydroxylation is 2. The largest absolute Gasteiger partial charge is 0.494 e. The Morgan fingerprint density at radius 3 is 2.88 bits per heavy atom. The smallest absolute Gasteiger partial charge is 0.303 e. The van der Waals surface area contributed by atoms with Gasteiger partial charge in [0, 0.05) is 37.7 Å². The summed E-state index contributed by atoms with van der Waals surface area (Å²) in [7, 11) is 3.17. The lowest BCUT2D eigenvalue weighted by atomic mass is 9.91. The van der Waals surface area contributed by atoms with Gasteiger partial charge in [0.05, 0.1) is 25.8 Å². The van der Waals surface area contributed by atoms with Crippen LogP contribution in [0.5, 0.6) is 11.6 Å². The highest BCUT2D eigenvalue weighted by molar-refractivity contribution is 5.68. The van der Waals surface area contributed by atoms with Crippen LogP contribution in [0.4, 0.5) is 10.2 Å². The van der Waals surface area contributed by atoms with Gasteiger partial charge in [-0.2, -0.15) is 5.10 Å². The number of anilines is 1. The summed E-state index contributed by atoms with van der Waals surface area (Å²) in [4.78, 5) is 16.1. The van der Waals surface area contributed by atoms with Crippen molar-refractivity contribution in [2.45, 2.75) is 38.0 Å². The van der Waals surface area contributed by atoms with Crippen molar-refractivity contribution >= 4 is 11.8 Å². The van der Waals surface area contributed by atoms with E-state index in [4.69, 9.17) is 9.47 Å². The summed E-state index contributed by atoms with van der Waals surface area (Å²) in [5.74, 6) is -0.248. The number of aliphatic carboxylic acids is 1. The molecule has 0 amide bonds. The van der Waals surface area contributed by atoms with E-state index >= 15 is 0 Å². The average molecular weight is 469 g/mol. The van der Waals surface area contributed by atoms with E-state index in [-0.39, 0.29) is 12.2 Å². The fourth-order valence-corrected chi connectivity index (χ4v) is 4.22. The number of ether oxygens (including phenoxy) is 2. The minimum atomic E-state index is -0.958. The lowest BCUT2D eigenvalue weighted by molar-refractivity contribution is -0.137. The van der Waals surface area contributed by atoms with Crippen LogP contribution < -0.4 is 14.8 Å². The van der Waals surface area contributed by atoms with Crippen LogP contribution in [-0.2, 0) is 31.1 Å². The van der Waals surface area contributed by atoms with Crippen molar-refractivity contribution in [1.29, 1.82) is 0 Å². The molecule has 1 aromatic carbocycles. The first-order valence-corrected chi connectivity index (χ1v) is 11.4. The van der Waals surface area contributed by atoms with Gasteiger partial charge < -0.3 is 19.9 Å². The lowest BCUT2D eigenvalue weighted by Crippen LogP contribution is -2.14. The van der Waals surface area contributed by atoms with Crippen molar-refractivity contribution < 1.29 is 23.8 Å². The quantitative estimate of drug-likeness (QED) is 0.468. The zero-order valence-corrected chi connectivity index (χ0v) is 19.4. The fourth-order valence-electron chi connectivity index (χ4n) is 4.22. The molecule has 180 valence electrons. The van der Waals surface area contributed by atoms with Gasteiger partial charge in [-0.05, 0) is 48.6 Å². The molecule has 2 N–H and O–H groups in total. The number of halogens is 1. The molecule has 1 aliphatic rings. The minimum Gasteiger partial charge on any atom is -0.494 e. The van der Waals surface area contributed by atoms with Gasteiger partial charge in [-0.15, -0.1) is 0 Å². The van der Waals surface area contributed by atoms with E-state index in [1.807, 2.05) is 6.07 Å². The molecule has 0 radical (unpaired) electrons. The monoisotopic (exact) mass is 468 g/mol. The summed E-state index contributed by atoms with van der Waals surface area (Å²) in [5.41, 5.74) is 3.47. The first-order chi connectivity index (χ1) is 16.4. The van der Waals surface area contributed by atoms with Crippen LogP contribution in [0.2, 0.25) is 0 Å². The number of hydrogen-bond donors (Lipinski definition) is 2. The van der Waals surface area contributed by atoms with Crippen molar-refractivity contribution in [3.8, 4) is 11.6 Å². The third-order valence-corrected chi connectivity index (χ3v) is 5.97. The second kappa shape index (κ2) is 10.5. The Labute approximate surface area is 197 Å². The van der Waals surface area contributed by atoms with Gasteiger partial charge in [0.25, 0.3) is 0 Å².